The second kappa shape index (κ2) is 5.58. The van der Waals surface area contributed by atoms with Gasteiger partial charge in [0.25, 0.3) is 0 Å². The standard InChI is InChI=1S/C12H14N6OS/c1-8-2-5-10(13-6-8)14-11(19)7-20-12-15-16-17-18(12)9-3-4-9/h2,5-6,9H,3-4,7H2,1H3,(H,13,14,19). The first-order chi connectivity index (χ1) is 9.72. The summed E-state index contributed by atoms with van der Waals surface area (Å²) in [4.78, 5) is 16.0. The number of carbonyl (C=O) groups is 1. The predicted molar refractivity (Wildman–Crippen MR) is 74.4 cm³/mol. The van der Waals surface area contributed by atoms with Crippen molar-refractivity contribution in [3.05, 3.63) is 23.9 Å². The van der Waals surface area contributed by atoms with Crippen LogP contribution in [0.5, 0.6) is 0 Å². The van der Waals surface area contributed by atoms with Crippen LogP contribution in [0.2, 0.25) is 0 Å². The molecule has 20 heavy (non-hydrogen) atoms. The molecule has 104 valence electrons. The highest BCUT2D eigenvalue weighted by molar-refractivity contribution is 7.99. The van der Waals surface area contributed by atoms with E-state index in [9.17, 15) is 4.79 Å². The van der Waals surface area contributed by atoms with Gasteiger partial charge in [-0.3, -0.25) is 4.79 Å². The van der Waals surface area contributed by atoms with Crippen LogP contribution in [0, 0.1) is 6.92 Å². The van der Waals surface area contributed by atoms with Crippen LogP contribution in [0.1, 0.15) is 24.4 Å². The summed E-state index contributed by atoms with van der Waals surface area (Å²) in [5.74, 6) is 0.711. The summed E-state index contributed by atoms with van der Waals surface area (Å²) in [6, 6.07) is 4.10. The van der Waals surface area contributed by atoms with Gasteiger partial charge in [0.05, 0.1) is 11.8 Å². The Kier molecular flexibility index (Phi) is 3.64. The molecule has 1 saturated carbocycles. The van der Waals surface area contributed by atoms with Crippen molar-refractivity contribution in [1.82, 2.24) is 25.2 Å². The third kappa shape index (κ3) is 3.13. The minimum Gasteiger partial charge on any atom is -0.310 e. The topological polar surface area (TPSA) is 85.6 Å². The number of hydrogen-bond donors (Lipinski definition) is 1. The van der Waals surface area contributed by atoms with Gasteiger partial charge >= 0.3 is 0 Å². The highest BCUT2D eigenvalue weighted by atomic mass is 32.2. The van der Waals surface area contributed by atoms with E-state index in [0.29, 0.717) is 17.0 Å². The van der Waals surface area contributed by atoms with Crippen molar-refractivity contribution in [2.24, 2.45) is 0 Å². The van der Waals surface area contributed by atoms with Gasteiger partial charge in [-0.15, -0.1) is 5.10 Å². The Balaban J connectivity index is 1.54. The van der Waals surface area contributed by atoms with Gasteiger partial charge < -0.3 is 5.32 Å². The second-order valence-corrected chi connectivity index (χ2v) is 5.64. The monoisotopic (exact) mass is 290 g/mol. The summed E-state index contributed by atoms with van der Waals surface area (Å²) < 4.78 is 1.79. The number of pyridine rings is 1. The van der Waals surface area contributed by atoms with Gasteiger partial charge in [-0.2, -0.15) is 0 Å². The van der Waals surface area contributed by atoms with Crippen LogP contribution in [-0.2, 0) is 4.79 Å². The van der Waals surface area contributed by atoms with Crippen molar-refractivity contribution in [2.75, 3.05) is 11.1 Å². The van der Waals surface area contributed by atoms with E-state index < -0.39 is 0 Å². The van der Waals surface area contributed by atoms with Crippen molar-refractivity contribution in [3.8, 4) is 0 Å². The van der Waals surface area contributed by atoms with Gasteiger partial charge in [-0.05, 0) is 41.8 Å². The molecule has 2 aromatic heterocycles. The van der Waals surface area contributed by atoms with E-state index in [0.717, 1.165) is 18.4 Å². The number of rotatable bonds is 5. The average Bonchev–Trinajstić information content (AvgIpc) is 3.18. The number of carbonyl (C=O) groups excluding carboxylic acids is 1. The molecule has 3 rings (SSSR count). The third-order valence-corrected chi connectivity index (χ3v) is 3.80. The largest absolute Gasteiger partial charge is 0.310 e. The summed E-state index contributed by atoms with van der Waals surface area (Å²) in [7, 11) is 0. The molecule has 1 aliphatic carbocycles. The zero-order chi connectivity index (χ0) is 13.9. The maximum absolute atomic E-state index is 11.8. The van der Waals surface area contributed by atoms with Crippen molar-refractivity contribution < 1.29 is 4.79 Å². The molecule has 1 fully saturated rings. The first-order valence-corrected chi connectivity index (χ1v) is 7.34. The van der Waals surface area contributed by atoms with Gasteiger partial charge in [0, 0.05) is 6.20 Å². The quantitative estimate of drug-likeness (QED) is 0.839. The maximum atomic E-state index is 11.8. The molecular weight excluding hydrogens is 276 g/mol. The summed E-state index contributed by atoms with van der Waals surface area (Å²) >= 11 is 1.34. The van der Waals surface area contributed by atoms with E-state index in [-0.39, 0.29) is 11.7 Å². The third-order valence-electron chi connectivity index (χ3n) is 2.87. The molecule has 0 aliphatic heterocycles. The number of amides is 1. The van der Waals surface area contributed by atoms with E-state index in [1.54, 1.807) is 16.9 Å². The van der Waals surface area contributed by atoms with E-state index >= 15 is 0 Å². The molecule has 0 unspecified atom stereocenters. The van der Waals surface area contributed by atoms with Crippen LogP contribution in [0.15, 0.2) is 23.5 Å². The Bertz CT molecular complexity index is 607. The molecule has 1 amide bonds. The number of aryl methyl sites for hydroxylation is 1. The van der Waals surface area contributed by atoms with Crippen LogP contribution in [0.3, 0.4) is 0 Å². The molecule has 0 bridgehead atoms. The number of nitrogens with one attached hydrogen (secondary N) is 1. The van der Waals surface area contributed by atoms with Gasteiger partial charge in [0.2, 0.25) is 11.1 Å². The van der Waals surface area contributed by atoms with E-state index in [1.165, 1.54) is 11.8 Å². The maximum Gasteiger partial charge on any atom is 0.236 e. The Morgan fingerprint density at radius 2 is 2.35 bits per heavy atom. The smallest absolute Gasteiger partial charge is 0.236 e. The summed E-state index contributed by atoms with van der Waals surface area (Å²) in [5, 5.41) is 15.0. The first-order valence-electron chi connectivity index (χ1n) is 6.35. The molecule has 1 aliphatic rings. The van der Waals surface area contributed by atoms with Crippen LogP contribution >= 0.6 is 11.8 Å². The lowest BCUT2D eigenvalue weighted by atomic mass is 10.3. The molecule has 0 saturated heterocycles. The Morgan fingerprint density at radius 1 is 1.50 bits per heavy atom. The van der Waals surface area contributed by atoms with Crippen molar-refractivity contribution in [3.63, 3.8) is 0 Å². The van der Waals surface area contributed by atoms with E-state index in [4.69, 9.17) is 0 Å². The zero-order valence-electron chi connectivity index (χ0n) is 11.0. The highest BCUT2D eigenvalue weighted by Crippen LogP contribution is 2.36. The van der Waals surface area contributed by atoms with Gasteiger partial charge in [-0.25, -0.2) is 9.67 Å². The van der Waals surface area contributed by atoms with Crippen molar-refractivity contribution in [2.45, 2.75) is 31.0 Å². The second-order valence-electron chi connectivity index (χ2n) is 4.69. The number of anilines is 1. The van der Waals surface area contributed by atoms with E-state index in [1.807, 2.05) is 13.0 Å². The molecule has 0 aromatic carbocycles. The average molecular weight is 290 g/mol. The lowest BCUT2D eigenvalue weighted by Crippen LogP contribution is -2.15. The number of tetrazole rings is 1. The molecular formula is C12H14N6OS. The lowest BCUT2D eigenvalue weighted by Gasteiger charge is -2.04. The molecule has 0 radical (unpaired) electrons. The molecule has 0 atom stereocenters. The number of hydrogen-bond acceptors (Lipinski definition) is 6. The lowest BCUT2D eigenvalue weighted by molar-refractivity contribution is -0.113. The minimum atomic E-state index is -0.114. The Morgan fingerprint density at radius 3 is 3.05 bits per heavy atom. The van der Waals surface area contributed by atoms with Gasteiger partial charge in [0.15, 0.2) is 0 Å². The Labute approximate surface area is 120 Å². The van der Waals surface area contributed by atoms with Crippen molar-refractivity contribution >= 4 is 23.5 Å². The van der Waals surface area contributed by atoms with Gasteiger partial charge in [-0.1, -0.05) is 17.8 Å². The summed E-state index contributed by atoms with van der Waals surface area (Å²) in [6.45, 7) is 1.95. The highest BCUT2D eigenvalue weighted by Gasteiger charge is 2.28. The van der Waals surface area contributed by atoms with Crippen LogP contribution in [-0.4, -0.2) is 36.9 Å². The number of nitrogens with zero attached hydrogens (tertiary/aromatic N) is 5. The van der Waals surface area contributed by atoms with Gasteiger partial charge in [0.1, 0.15) is 5.82 Å². The summed E-state index contributed by atoms with van der Waals surface area (Å²) in [6.07, 6.45) is 3.94. The molecule has 2 heterocycles. The first kappa shape index (κ1) is 13.0. The van der Waals surface area contributed by atoms with Crippen LogP contribution in [0.4, 0.5) is 5.82 Å². The normalized spacial score (nSPS) is 14.2. The number of aromatic nitrogens is 5. The van der Waals surface area contributed by atoms with E-state index in [2.05, 4.69) is 25.8 Å². The molecule has 7 nitrogen and oxygen atoms in total. The number of thioether (sulfide) groups is 1. The minimum absolute atomic E-state index is 0.114. The zero-order valence-corrected chi connectivity index (χ0v) is 11.8. The summed E-state index contributed by atoms with van der Waals surface area (Å²) in [5.41, 5.74) is 1.06. The molecule has 0 spiro atoms. The molecule has 2 aromatic rings. The molecule has 1 N–H and O–H groups in total. The fraction of sp³-hybridized carbons (Fsp3) is 0.417. The Hall–Kier alpha value is -1.96. The predicted octanol–water partition coefficient (Wildman–Crippen LogP) is 1.44. The molecule has 8 heteroatoms. The van der Waals surface area contributed by atoms with Crippen molar-refractivity contribution in [1.29, 1.82) is 0 Å². The SMILES string of the molecule is Cc1ccc(NC(=O)CSc2nnnn2C2CC2)nc1. The van der Waals surface area contributed by atoms with Crippen LogP contribution in [0.25, 0.3) is 0 Å². The fourth-order valence-corrected chi connectivity index (χ4v) is 2.42. The fourth-order valence-electron chi connectivity index (χ4n) is 1.68. The van der Waals surface area contributed by atoms with Crippen LogP contribution < -0.4 is 5.32 Å².